The predicted octanol–water partition coefficient (Wildman–Crippen LogP) is 2.83. The van der Waals surface area contributed by atoms with E-state index in [4.69, 9.17) is 4.74 Å². The lowest BCUT2D eigenvalue weighted by Crippen LogP contribution is -2.50. The van der Waals surface area contributed by atoms with Gasteiger partial charge in [-0.25, -0.2) is 0 Å². The van der Waals surface area contributed by atoms with Crippen LogP contribution in [0.15, 0.2) is 0 Å². The summed E-state index contributed by atoms with van der Waals surface area (Å²) in [7, 11) is 1.78. The van der Waals surface area contributed by atoms with Crippen LogP contribution in [0.4, 0.5) is 0 Å². The predicted molar refractivity (Wildman–Crippen MR) is 67.5 cm³/mol. The van der Waals surface area contributed by atoms with Crippen molar-refractivity contribution >= 4 is 0 Å². The largest absolute Gasteiger partial charge is 0.385 e. The van der Waals surface area contributed by atoms with Gasteiger partial charge >= 0.3 is 0 Å². The zero-order chi connectivity index (χ0) is 11.8. The quantitative estimate of drug-likeness (QED) is 0.726. The molecule has 3 atom stereocenters. The Labute approximate surface area is 100 Å². The molecule has 2 aliphatic carbocycles. The van der Waals surface area contributed by atoms with Gasteiger partial charge in [0.05, 0.1) is 0 Å². The van der Waals surface area contributed by atoms with Crippen molar-refractivity contribution in [1.82, 2.24) is 5.32 Å². The molecule has 0 aromatic rings. The molecule has 0 radical (unpaired) electrons. The number of hydrogen-bond acceptors (Lipinski definition) is 2. The van der Waals surface area contributed by atoms with Crippen LogP contribution in [0.1, 0.15) is 46.5 Å². The molecule has 2 heteroatoms. The van der Waals surface area contributed by atoms with E-state index in [0.29, 0.717) is 16.9 Å². The highest BCUT2D eigenvalue weighted by Crippen LogP contribution is 2.62. The van der Waals surface area contributed by atoms with Gasteiger partial charge in [0.2, 0.25) is 0 Å². The Bertz CT molecular complexity index is 246. The van der Waals surface area contributed by atoms with Crippen LogP contribution in [0.5, 0.6) is 0 Å². The van der Waals surface area contributed by atoms with Crippen LogP contribution >= 0.6 is 0 Å². The highest BCUT2D eigenvalue weighted by atomic mass is 16.5. The van der Waals surface area contributed by atoms with Gasteiger partial charge in [0, 0.05) is 19.8 Å². The molecule has 3 unspecified atom stereocenters. The van der Waals surface area contributed by atoms with E-state index in [1.807, 2.05) is 0 Å². The Hall–Kier alpha value is -0.0800. The van der Waals surface area contributed by atoms with Crippen molar-refractivity contribution in [2.24, 2.45) is 16.7 Å². The standard InChI is InChI=1S/C14H27NO/c1-13(2)11-6-7-14(3,10-11)12(13)15-8-5-9-16-4/h11-12,15H,5-10H2,1-4H3. The van der Waals surface area contributed by atoms with Crippen molar-refractivity contribution in [2.75, 3.05) is 20.3 Å². The molecular formula is C14H27NO. The van der Waals surface area contributed by atoms with E-state index in [1.165, 1.54) is 19.3 Å². The minimum atomic E-state index is 0.486. The second kappa shape index (κ2) is 4.30. The summed E-state index contributed by atoms with van der Waals surface area (Å²) >= 11 is 0. The van der Waals surface area contributed by atoms with Crippen LogP contribution in [0.25, 0.3) is 0 Å². The summed E-state index contributed by atoms with van der Waals surface area (Å²) in [5.41, 5.74) is 1.04. The Balaban J connectivity index is 1.92. The van der Waals surface area contributed by atoms with Crippen molar-refractivity contribution in [3.8, 4) is 0 Å². The van der Waals surface area contributed by atoms with Crippen molar-refractivity contribution < 1.29 is 4.74 Å². The lowest BCUT2D eigenvalue weighted by atomic mass is 9.68. The Kier molecular flexibility index (Phi) is 3.33. The van der Waals surface area contributed by atoms with E-state index in [2.05, 4.69) is 26.1 Å². The number of ether oxygens (including phenoxy) is 1. The van der Waals surface area contributed by atoms with Crippen molar-refractivity contribution in [3.05, 3.63) is 0 Å². The van der Waals surface area contributed by atoms with Gasteiger partial charge in [-0.2, -0.15) is 0 Å². The van der Waals surface area contributed by atoms with E-state index < -0.39 is 0 Å². The van der Waals surface area contributed by atoms with Crippen molar-refractivity contribution in [1.29, 1.82) is 0 Å². The lowest BCUT2D eigenvalue weighted by Gasteiger charge is -2.43. The highest BCUT2D eigenvalue weighted by molar-refractivity contribution is 5.11. The summed E-state index contributed by atoms with van der Waals surface area (Å²) in [4.78, 5) is 0. The van der Waals surface area contributed by atoms with Gasteiger partial charge in [-0.3, -0.25) is 0 Å². The van der Waals surface area contributed by atoms with E-state index in [1.54, 1.807) is 7.11 Å². The van der Waals surface area contributed by atoms with Gasteiger partial charge in [0.15, 0.2) is 0 Å². The number of nitrogens with one attached hydrogen (secondary N) is 1. The molecule has 2 nitrogen and oxygen atoms in total. The third-order valence-electron chi connectivity index (χ3n) is 5.14. The van der Waals surface area contributed by atoms with E-state index in [0.717, 1.165) is 25.5 Å². The van der Waals surface area contributed by atoms with Crippen LogP contribution in [0, 0.1) is 16.7 Å². The number of fused-ring (bicyclic) bond motifs is 2. The average molecular weight is 225 g/mol. The smallest absolute Gasteiger partial charge is 0.0474 e. The van der Waals surface area contributed by atoms with Gasteiger partial charge in [-0.1, -0.05) is 20.8 Å². The SMILES string of the molecule is COCCCNC1C2(C)CCC(C2)C1(C)C. The molecular weight excluding hydrogens is 198 g/mol. The third kappa shape index (κ3) is 1.91. The molecule has 2 aliphatic rings. The zero-order valence-corrected chi connectivity index (χ0v) is 11.3. The molecule has 2 fully saturated rings. The summed E-state index contributed by atoms with van der Waals surface area (Å²) in [5.74, 6) is 0.942. The molecule has 0 amide bonds. The second-order valence-electron chi connectivity index (χ2n) is 6.65. The van der Waals surface area contributed by atoms with E-state index in [9.17, 15) is 0 Å². The first-order valence-corrected chi connectivity index (χ1v) is 6.73. The molecule has 2 rings (SSSR count). The number of methoxy groups -OCH3 is 1. The Morgan fingerprint density at radius 3 is 2.62 bits per heavy atom. The Morgan fingerprint density at radius 2 is 2.06 bits per heavy atom. The van der Waals surface area contributed by atoms with Crippen LogP contribution < -0.4 is 5.32 Å². The highest BCUT2D eigenvalue weighted by Gasteiger charge is 2.58. The monoisotopic (exact) mass is 225 g/mol. The normalized spacial score (nSPS) is 40.5. The molecule has 2 saturated carbocycles. The maximum atomic E-state index is 5.11. The molecule has 0 saturated heterocycles. The molecule has 1 N–H and O–H groups in total. The number of hydrogen-bond donors (Lipinski definition) is 1. The fraction of sp³-hybridized carbons (Fsp3) is 1.00. The zero-order valence-electron chi connectivity index (χ0n) is 11.3. The summed E-state index contributed by atoms with van der Waals surface area (Å²) in [6.45, 7) is 9.37. The van der Waals surface area contributed by atoms with Crippen LogP contribution in [-0.2, 0) is 4.74 Å². The maximum Gasteiger partial charge on any atom is 0.0474 e. The first-order chi connectivity index (χ1) is 7.50. The minimum absolute atomic E-state index is 0.486. The molecule has 0 spiro atoms. The summed E-state index contributed by atoms with van der Waals surface area (Å²) < 4.78 is 5.11. The Morgan fingerprint density at radius 1 is 1.31 bits per heavy atom. The summed E-state index contributed by atoms with van der Waals surface area (Å²) in [6.07, 6.45) is 5.43. The topological polar surface area (TPSA) is 21.3 Å². The van der Waals surface area contributed by atoms with Crippen LogP contribution in [0.3, 0.4) is 0 Å². The fourth-order valence-corrected chi connectivity index (χ4v) is 4.27. The van der Waals surface area contributed by atoms with Gasteiger partial charge in [0.1, 0.15) is 0 Å². The van der Waals surface area contributed by atoms with Crippen LogP contribution in [0.2, 0.25) is 0 Å². The summed E-state index contributed by atoms with van der Waals surface area (Å²) in [6, 6.07) is 0.704. The molecule has 94 valence electrons. The van der Waals surface area contributed by atoms with Crippen LogP contribution in [-0.4, -0.2) is 26.3 Å². The average Bonchev–Trinajstić information content (AvgIpc) is 2.68. The third-order valence-corrected chi connectivity index (χ3v) is 5.14. The molecule has 16 heavy (non-hydrogen) atoms. The molecule has 0 aromatic heterocycles. The van der Waals surface area contributed by atoms with Gasteiger partial charge in [0.25, 0.3) is 0 Å². The lowest BCUT2D eigenvalue weighted by molar-refractivity contribution is 0.105. The molecule has 0 aliphatic heterocycles. The molecule has 0 heterocycles. The minimum Gasteiger partial charge on any atom is -0.385 e. The molecule has 2 bridgehead atoms. The van der Waals surface area contributed by atoms with Crippen molar-refractivity contribution in [2.45, 2.75) is 52.5 Å². The van der Waals surface area contributed by atoms with Gasteiger partial charge in [-0.15, -0.1) is 0 Å². The second-order valence-corrected chi connectivity index (χ2v) is 6.65. The van der Waals surface area contributed by atoms with E-state index >= 15 is 0 Å². The van der Waals surface area contributed by atoms with Gasteiger partial charge < -0.3 is 10.1 Å². The molecule has 0 aromatic carbocycles. The first-order valence-electron chi connectivity index (χ1n) is 6.73. The first kappa shape index (κ1) is 12.4. The maximum absolute atomic E-state index is 5.11. The fourth-order valence-electron chi connectivity index (χ4n) is 4.27. The van der Waals surface area contributed by atoms with Gasteiger partial charge in [-0.05, 0) is 49.0 Å². The van der Waals surface area contributed by atoms with E-state index in [-0.39, 0.29) is 0 Å². The van der Waals surface area contributed by atoms with Crippen molar-refractivity contribution in [3.63, 3.8) is 0 Å². The summed E-state index contributed by atoms with van der Waals surface area (Å²) in [5, 5.41) is 3.80. The number of rotatable bonds is 5.